The van der Waals surface area contributed by atoms with Crippen LogP contribution < -0.4 is 0 Å². The van der Waals surface area contributed by atoms with E-state index in [1.54, 1.807) is 0 Å². The Morgan fingerprint density at radius 1 is 0.340 bits per heavy atom. The number of fused-ring (bicyclic) bond motifs is 4. The molecule has 0 amide bonds. The van der Waals surface area contributed by atoms with E-state index in [9.17, 15) is 0 Å². The molecule has 220 valence electrons. The topological polar surface area (TPSA) is 51.8 Å². The maximum absolute atomic E-state index is 6.84. The lowest BCUT2D eigenvalue weighted by atomic mass is 9.95. The maximum atomic E-state index is 6.84. The van der Waals surface area contributed by atoms with E-state index in [0.29, 0.717) is 17.5 Å². The van der Waals surface area contributed by atoms with Gasteiger partial charge in [-0.15, -0.1) is 0 Å². The first-order valence-corrected chi connectivity index (χ1v) is 15.7. The number of nitrogens with zero attached hydrogens (tertiary/aromatic N) is 3. The number of rotatable bonds is 5. The minimum atomic E-state index is 0.630. The summed E-state index contributed by atoms with van der Waals surface area (Å²) in [4.78, 5) is 14.6. The van der Waals surface area contributed by atoms with Crippen LogP contribution in [0.1, 0.15) is 0 Å². The van der Waals surface area contributed by atoms with Crippen LogP contribution in [0.3, 0.4) is 0 Å². The van der Waals surface area contributed by atoms with E-state index in [-0.39, 0.29) is 0 Å². The molecule has 4 nitrogen and oxygen atoms in total. The minimum Gasteiger partial charge on any atom is -0.455 e. The molecule has 7 aromatic carbocycles. The quantitative estimate of drug-likeness (QED) is 0.197. The van der Waals surface area contributed by atoms with Crippen LogP contribution in [0.15, 0.2) is 168 Å². The van der Waals surface area contributed by atoms with Crippen molar-refractivity contribution in [2.75, 3.05) is 0 Å². The minimum absolute atomic E-state index is 0.630. The van der Waals surface area contributed by atoms with E-state index in [2.05, 4.69) is 97.1 Å². The highest BCUT2D eigenvalue weighted by molar-refractivity contribution is 6.19. The molecular weight excluding hydrogens is 574 g/mol. The Kier molecular flexibility index (Phi) is 6.43. The summed E-state index contributed by atoms with van der Waals surface area (Å²) < 4.78 is 6.84. The van der Waals surface area contributed by atoms with Crippen LogP contribution in [0.4, 0.5) is 0 Å². The largest absolute Gasteiger partial charge is 0.455 e. The molecule has 0 spiro atoms. The van der Waals surface area contributed by atoms with Crippen LogP contribution in [0.25, 0.3) is 89.1 Å². The van der Waals surface area contributed by atoms with Crippen molar-refractivity contribution in [3.05, 3.63) is 164 Å². The van der Waals surface area contributed by atoms with Gasteiger partial charge in [-0.25, -0.2) is 15.0 Å². The van der Waals surface area contributed by atoms with Crippen molar-refractivity contribution in [3.63, 3.8) is 0 Å². The molecule has 0 saturated heterocycles. The molecule has 0 aliphatic carbocycles. The van der Waals surface area contributed by atoms with Crippen molar-refractivity contribution in [2.45, 2.75) is 0 Å². The highest BCUT2D eigenvalue weighted by Crippen LogP contribution is 2.43. The first kappa shape index (κ1) is 27.0. The lowest BCUT2D eigenvalue weighted by molar-refractivity contribution is 0.671. The summed E-state index contributed by atoms with van der Waals surface area (Å²) >= 11 is 0. The zero-order valence-corrected chi connectivity index (χ0v) is 25.3. The van der Waals surface area contributed by atoms with E-state index >= 15 is 0 Å². The lowest BCUT2D eigenvalue weighted by Crippen LogP contribution is -2.00. The van der Waals surface area contributed by atoms with Gasteiger partial charge in [0.05, 0.1) is 0 Å². The predicted molar refractivity (Wildman–Crippen MR) is 192 cm³/mol. The van der Waals surface area contributed by atoms with Crippen LogP contribution in [-0.4, -0.2) is 15.0 Å². The molecular formula is C43H27N3O. The van der Waals surface area contributed by atoms with Gasteiger partial charge < -0.3 is 4.42 Å². The maximum Gasteiger partial charge on any atom is 0.164 e. The summed E-state index contributed by atoms with van der Waals surface area (Å²) in [5.41, 5.74) is 8.95. The summed E-state index contributed by atoms with van der Waals surface area (Å²) in [6.07, 6.45) is 0. The molecule has 0 fully saturated rings. The second kappa shape index (κ2) is 11.2. The predicted octanol–water partition coefficient (Wildman–Crippen LogP) is 11.3. The van der Waals surface area contributed by atoms with Crippen molar-refractivity contribution < 1.29 is 4.42 Å². The molecule has 0 aliphatic heterocycles. The fourth-order valence-electron chi connectivity index (χ4n) is 6.45. The van der Waals surface area contributed by atoms with Crippen LogP contribution in [0.5, 0.6) is 0 Å². The Hall–Kier alpha value is -6.39. The first-order chi connectivity index (χ1) is 23.3. The van der Waals surface area contributed by atoms with Gasteiger partial charge in [0, 0.05) is 38.6 Å². The summed E-state index contributed by atoms with van der Waals surface area (Å²) in [7, 11) is 0. The van der Waals surface area contributed by atoms with E-state index < -0.39 is 0 Å². The average molecular weight is 602 g/mol. The molecule has 0 aliphatic rings. The Bertz CT molecular complexity index is 2480. The van der Waals surface area contributed by atoms with E-state index in [4.69, 9.17) is 19.4 Å². The van der Waals surface area contributed by atoms with Gasteiger partial charge in [0.15, 0.2) is 17.5 Å². The van der Waals surface area contributed by atoms with Crippen LogP contribution >= 0.6 is 0 Å². The standard InChI is InChI=1S/C43H27N3O/c1-4-13-29(14-5-1)38-34-20-11-10-19-33(34)27-37-36-22-12-21-35(39(36)47-40(37)38)28-23-25-32(26-24-28)43-45-41(30-15-6-2-7-16-30)44-42(46-43)31-17-8-3-9-18-31/h1-27H. The molecule has 0 radical (unpaired) electrons. The third kappa shape index (κ3) is 4.75. The Morgan fingerprint density at radius 3 is 1.45 bits per heavy atom. The number of para-hydroxylation sites is 1. The highest BCUT2D eigenvalue weighted by Gasteiger charge is 2.19. The zero-order valence-electron chi connectivity index (χ0n) is 25.3. The van der Waals surface area contributed by atoms with Crippen molar-refractivity contribution in [2.24, 2.45) is 0 Å². The molecule has 0 saturated carbocycles. The third-order valence-corrected chi connectivity index (χ3v) is 8.73. The van der Waals surface area contributed by atoms with Gasteiger partial charge in [-0.3, -0.25) is 0 Å². The molecule has 9 aromatic rings. The summed E-state index contributed by atoms with van der Waals surface area (Å²) in [6.45, 7) is 0. The molecule has 2 aromatic heterocycles. The van der Waals surface area contributed by atoms with Crippen LogP contribution in [0, 0.1) is 0 Å². The highest BCUT2D eigenvalue weighted by atomic mass is 16.3. The van der Waals surface area contributed by atoms with E-state index in [1.165, 1.54) is 10.8 Å². The summed E-state index contributed by atoms with van der Waals surface area (Å²) in [5.74, 6) is 1.92. The molecule has 4 heteroatoms. The van der Waals surface area contributed by atoms with Crippen molar-refractivity contribution in [1.82, 2.24) is 15.0 Å². The number of aromatic nitrogens is 3. The molecule has 0 N–H and O–H groups in total. The lowest BCUT2D eigenvalue weighted by Gasteiger charge is -2.09. The summed E-state index contributed by atoms with van der Waals surface area (Å²) in [6, 6.07) is 56.2. The van der Waals surface area contributed by atoms with E-state index in [0.717, 1.165) is 60.9 Å². The first-order valence-electron chi connectivity index (χ1n) is 15.7. The molecule has 0 unspecified atom stereocenters. The van der Waals surface area contributed by atoms with Gasteiger partial charge in [0.1, 0.15) is 11.2 Å². The van der Waals surface area contributed by atoms with Crippen molar-refractivity contribution in [3.8, 4) is 56.4 Å². The van der Waals surface area contributed by atoms with Gasteiger partial charge >= 0.3 is 0 Å². The van der Waals surface area contributed by atoms with Gasteiger partial charge in [-0.1, -0.05) is 158 Å². The third-order valence-electron chi connectivity index (χ3n) is 8.73. The zero-order chi connectivity index (χ0) is 31.2. The molecule has 9 rings (SSSR count). The van der Waals surface area contributed by atoms with Gasteiger partial charge in [0.25, 0.3) is 0 Å². The summed E-state index contributed by atoms with van der Waals surface area (Å²) in [5, 5.41) is 4.58. The van der Waals surface area contributed by atoms with Crippen LogP contribution in [-0.2, 0) is 0 Å². The number of furan rings is 1. The Labute approximate surface area is 271 Å². The Balaban J connectivity index is 1.18. The average Bonchev–Trinajstić information content (AvgIpc) is 3.53. The van der Waals surface area contributed by atoms with Crippen molar-refractivity contribution in [1.29, 1.82) is 0 Å². The van der Waals surface area contributed by atoms with Crippen molar-refractivity contribution >= 4 is 32.7 Å². The molecule has 0 bridgehead atoms. The van der Waals surface area contributed by atoms with E-state index in [1.807, 2.05) is 66.7 Å². The number of hydrogen-bond acceptors (Lipinski definition) is 4. The molecule has 2 heterocycles. The smallest absolute Gasteiger partial charge is 0.164 e. The Morgan fingerprint density at radius 2 is 0.830 bits per heavy atom. The normalized spacial score (nSPS) is 11.4. The second-order valence-electron chi connectivity index (χ2n) is 11.6. The fraction of sp³-hybridized carbons (Fsp3) is 0. The monoisotopic (exact) mass is 601 g/mol. The van der Waals surface area contributed by atoms with Gasteiger partial charge in [0.2, 0.25) is 0 Å². The van der Waals surface area contributed by atoms with Gasteiger partial charge in [-0.2, -0.15) is 0 Å². The fourth-order valence-corrected chi connectivity index (χ4v) is 6.45. The second-order valence-corrected chi connectivity index (χ2v) is 11.6. The molecule has 47 heavy (non-hydrogen) atoms. The molecule has 0 atom stereocenters. The number of hydrogen-bond donors (Lipinski definition) is 0. The van der Waals surface area contributed by atoms with Crippen LogP contribution in [0.2, 0.25) is 0 Å². The SMILES string of the molecule is c1ccc(-c2nc(-c3ccccc3)nc(-c3ccc(-c4cccc5c4oc4c(-c6ccccc6)c6ccccc6cc45)cc3)n2)cc1. The van der Waals surface area contributed by atoms with Gasteiger partial charge in [-0.05, 0) is 28.0 Å². The number of benzene rings is 7.